The molecule has 3 nitrogen and oxygen atoms in total. The van der Waals surface area contributed by atoms with Gasteiger partial charge in [-0.1, -0.05) is 41.6 Å². The zero-order chi connectivity index (χ0) is 13.7. The highest BCUT2D eigenvalue weighted by Crippen LogP contribution is 2.28. The van der Waals surface area contributed by atoms with E-state index in [2.05, 4.69) is 27.3 Å². The Kier molecular flexibility index (Phi) is 4.84. The summed E-state index contributed by atoms with van der Waals surface area (Å²) in [7, 11) is 0. The van der Waals surface area contributed by atoms with Crippen LogP contribution in [0.5, 0.6) is 0 Å². The third-order valence-corrected chi connectivity index (χ3v) is 4.24. The van der Waals surface area contributed by atoms with E-state index in [4.69, 9.17) is 5.26 Å². The van der Waals surface area contributed by atoms with Gasteiger partial charge in [0.15, 0.2) is 0 Å². The van der Waals surface area contributed by atoms with E-state index in [1.54, 1.807) is 6.07 Å². The Morgan fingerprint density at radius 3 is 2.58 bits per heavy atom. The monoisotopic (exact) mass is 322 g/mol. The second kappa shape index (κ2) is 6.40. The molecule has 2 rings (SSSR count). The number of nitrogens with zero attached hydrogens (tertiary/aromatic N) is 1. The lowest BCUT2D eigenvalue weighted by Gasteiger charge is -2.27. The third-order valence-electron chi connectivity index (χ3n) is 3.74. The minimum Gasteiger partial charge on any atom is -0.388 e. The number of nitrogens with one attached hydrogen (secondary N) is 1. The van der Waals surface area contributed by atoms with Crippen molar-refractivity contribution in [2.24, 2.45) is 0 Å². The summed E-state index contributed by atoms with van der Waals surface area (Å²) >= 11 is 3.36. The average Bonchev–Trinajstić information content (AvgIpc) is 2.62. The third kappa shape index (κ3) is 3.95. The van der Waals surface area contributed by atoms with Crippen molar-refractivity contribution in [1.29, 1.82) is 5.26 Å². The van der Waals surface area contributed by atoms with Gasteiger partial charge in [-0.2, -0.15) is 5.26 Å². The fourth-order valence-corrected chi connectivity index (χ4v) is 2.95. The van der Waals surface area contributed by atoms with Crippen LogP contribution in [0.3, 0.4) is 0 Å². The van der Waals surface area contributed by atoms with E-state index in [-0.39, 0.29) is 0 Å². The van der Waals surface area contributed by atoms with E-state index in [0.29, 0.717) is 12.1 Å². The van der Waals surface area contributed by atoms with Crippen molar-refractivity contribution in [2.45, 2.75) is 44.1 Å². The summed E-state index contributed by atoms with van der Waals surface area (Å²) in [5.74, 6) is 0. The van der Waals surface area contributed by atoms with Gasteiger partial charge in [-0.3, -0.25) is 0 Å². The van der Waals surface area contributed by atoms with Crippen molar-refractivity contribution in [1.82, 2.24) is 0 Å². The smallest absolute Gasteiger partial charge is 0.101 e. The summed E-state index contributed by atoms with van der Waals surface area (Å²) in [6, 6.07) is 7.75. The number of rotatable bonds is 3. The highest BCUT2D eigenvalue weighted by molar-refractivity contribution is 9.10. The fraction of sp³-hybridized carbons (Fsp3) is 0.533. The first kappa shape index (κ1) is 14.4. The van der Waals surface area contributed by atoms with Crippen LogP contribution in [-0.4, -0.2) is 17.3 Å². The number of benzene rings is 1. The summed E-state index contributed by atoms with van der Waals surface area (Å²) in [6.07, 6.45) is 6.29. The van der Waals surface area contributed by atoms with Crippen LogP contribution in [0.1, 0.15) is 44.1 Å². The molecule has 2 N–H and O–H groups in total. The predicted octanol–water partition coefficient (Wildman–Crippen LogP) is 3.82. The van der Waals surface area contributed by atoms with E-state index < -0.39 is 5.60 Å². The highest BCUT2D eigenvalue weighted by atomic mass is 79.9. The van der Waals surface area contributed by atoms with Crippen LogP contribution in [0, 0.1) is 11.3 Å². The number of halogens is 1. The SMILES string of the molecule is N#Cc1cc(Br)ccc1NCC1(O)CCCCCC1. The van der Waals surface area contributed by atoms with Crippen LogP contribution in [0.4, 0.5) is 5.69 Å². The molecule has 0 bridgehead atoms. The lowest BCUT2D eigenvalue weighted by atomic mass is 9.94. The van der Waals surface area contributed by atoms with Gasteiger partial charge in [0, 0.05) is 11.0 Å². The van der Waals surface area contributed by atoms with E-state index >= 15 is 0 Å². The Morgan fingerprint density at radius 2 is 1.95 bits per heavy atom. The molecule has 0 atom stereocenters. The molecule has 0 amide bonds. The largest absolute Gasteiger partial charge is 0.388 e. The van der Waals surface area contributed by atoms with Gasteiger partial charge in [-0.05, 0) is 31.0 Å². The Balaban J connectivity index is 2.03. The fourth-order valence-electron chi connectivity index (χ4n) is 2.59. The first-order valence-corrected chi connectivity index (χ1v) is 7.58. The molecule has 1 saturated carbocycles. The number of hydrogen-bond acceptors (Lipinski definition) is 3. The normalized spacial score (nSPS) is 18.4. The van der Waals surface area contributed by atoms with Crippen LogP contribution in [0.25, 0.3) is 0 Å². The van der Waals surface area contributed by atoms with Gasteiger partial charge < -0.3 is 10.4 Å². The minimum absolute atomic E-state index is 0.517. The van der Waals surface area contributed by atoms with Crippen molar-refractivity contribution in [3.63, 3.8) is 0 Å². The highest BCUT2D eigenvalue weighted by Gasteiger charge is 2.27. The van der Waals surface area contributed by atoms with Gasteiger partial charge in [0.2, 0.25) is 0 Å². The molecule has 0 unspecified atom stereocenters. The average molecular weight is 323 g/mol. The zero-order valence-electron chi connectivity index (χ0n) is 11.0. The van der Waals surface area contributed by atoms with Gasteiger partial charge in [0.25, 0.3) is 0 Å². The Bertz CT molecular complexity index is 474. The molecule has 0 radical (unpaired) electrons. The predicted molar refractivity (Wildman–Crippen MR) is 80.0 cm³/mol. The minimum atomic E-state index is -0.629. The van der Waals surface area contributed by atoms with Crippen molar-refractivity contribution in [3.05, 3.63) is 28.2 Å². The molecule has 102 valence electrons. The van der Waals surface area contributed by atoms with Gasteiger partial charge in [0.1, 0.15) is 6.07 Å². The van der Waals surface area contributed by atoms with Crippen molar-refractivity contribution in [2.75, 3.05) is 11.9 Å². The standard InChI is InChI=1S/C15H19BrN2O/c16-13-5-6-14(12(9-13)10-17)18-11-15(19)7-3-1-2-4-8-15/h5-6,9,18-19H,1-4,7-8,11H2. The quantitative estimate of drug-likeness (QED) is 0.832. The van der Waals surface area contributed by atoms with Crippen LogP contribution < -0.4 is 5.32 Å². The number of aliphatic hydroxyl groups is 1. The maximum absolute atomic E-state index is 10.6. The molecule has 1 aliphatic carbocycles. The van der Waals surface area contributed by atoms with Crippen LogP contribution in [0.15, 0.2) is 22.7 Å². The summed E-state index contributed by atoms with van der Waals surface area (Å²) in [6.45, 7) is 0.517. The Morgan fingerprint density at radius 1 is 1.26 bits per heavy atom. The first-order chi connectivity index (χ1) is 9.13. The van der Waals surface area contributed by atoms with Crippen LogP contribution in [-0.2, 0) is 0 Å². The number of anilines is 1. The molecule has 1 aromatic rings. The van der Waals surface area contributed by atoms with E-state index in [1.165, 1.54) is 12.8 Å². The molecular formula is C15H19BrN2O. The zero-order valence-corrected chi connectivity index (χ0v) is 12.5. The van der Waals surface area contributed by atoms with E-state index in [1.807, 2.05) is 12.1 Å². The van der Waals surface area contributed by atoms with Gasteiger partial charge in [-0.25, -0.2) is 0 Å². The van der Waals surface area contributed by atoms with Gasteiger partial charge in [-0.15, -0.1) is 0 Å². The molecule has 0 aromatic heterocycles. The first-order valence-electron chi connectivity index (χ1n) is 6.79. The summed E-state index contributed by atoms with van der Waals surface area (Å²) in [5, 5.41) is 22.9. The summed E-state index contributed by atoms with van der Waals surface area (Å²) in [5.41, 5.74) is 0.769. The Hall–Kier alpha value is -1.05. The Labute approximate surface area is 122 Å². The molecule has 0 heterocycles. The van der Waals surface area contributed by atoms with Crippen molar-refractivity contribution < 1.29 is 5.11 Å². The molecular weight excluding hydrogens is 304 g/mol. The molecule has 0 spiro atoms. The van der Waals surface area contributed by atoms with Crippen LogP contribution in [0.2, 0.25) is 0 Å². The maximum atomic E-state index is 10.6. The lowest BCUT2D eigenvalue weighted by Crippen LogP contribution is -2.36. The number of nitriles is 1. The topological polar surface area (TPSA) is 56.0 Å². The maximum Gasteiger partial charge on any atom is 0.101 e. The second-order valence-electron chi connectivity index (χ2n) is 5.29. The molecule has 1 fully saturated rings. The van der Waals surface area contributed by atoms with Gasteiger partial charge >= 0.3 is 0 Å². The van der Waals surface area contributed by atoms with E-state index in [9.17, 15) is 5.11 Å². The molecule has 0 saturated heterocycles. The van der Waals surface area contributed by atoms with Gasteiger partial charge in [0.05, 0.1) is 16.9 Å². The molecule has 4 heteroatoms. The van der Waals surface area contributed by atoms with Crippen molar-refractivity contribution in [3.8, 4) is 6.07 Å². The van der Waals surface area contributed by atoms with Crippen LogP contribution >= 0.6 is 15.9 Å². The molecule has 19 heavy (non-hydrogen) atoms. The second-order valence-corrected chi connectivity index (χ2v) is 6.21. The summed E-state index contributed by atoms with van der Waals surface area (Å²) < 4.78 is 0.891. The lowest BCUT2D eigenvalue weighted by molar-refractivity contribution is 0.0381. The number of hydrogen-bond donors (Lipinski definition) is 2. The molecule has 1 aliphatic rings. The summed E-state index contributed by atoms with van der Waals surface area (Å²) in [4.78, 5) is 0. The molecule has 0 aliphatic heterocycles. The molecule has 1 aromatic carbocycles. The van der Waals surface area contributed by atoms with E-state index in [0.717, 1.165) is 35.8 Å². The van der Waals surface area contributed by atoms with Crippen molar-refractivity contribution >= 4 is 21.6 Å².